The van der Waals surface area contributed by atoms with Gasteiger partial charge in [-0.3, -0.25) is 9.69 Å². The molecule has 0 aromatic heterocycles. The van der Waals surface area contributed by atoms with Gasteiger partial charge in [0.15, 0.2) is 0 Å². The molecule has 1 fully saturated rings. The first-order valence-electron chi connectivity index (χ1n) is 9.51. The number of amides is 1. The summed E-state index contributed by atoms with van der Waals surface area (Å²) in [5.41, 5.74) is 3.76. The van der Waals surface area contributed by atoms with Gasteiger partial charge in [-0.1, -0.05) is 36.4 Å². The Labute approximate surface area is 154 Å². The molecule has 0 unspecified atom stereocenters. The molecule has 2 aromatic rings. The minimum atomic E-state index is -0.203. The van der Waals surface area contributed by atoms with E-state index in [0.717, 1.165) is 57.5 Å². The highest BCUT2D eigenvalue weighted by Gasteiger charge is 2.30. The SMILES string of the molecule is O=C([C@@H]1CCCN(Cc2ccc(F)cc2)C1)N1CCc2ccccc2C1. The van der Waals surface area contributed by atoms with Crippen molar-refractivity contribution in [2.24, 2.45) is 5.92 Å². The van der Waals surface area contributed by atoms with E-state index in [4.69, 9.17) is 0 Å². The summed E-state index contributed by atoms with van der Waals surface area (Å²) in [5, 5.41) is 0. The van der Waals surface area contributed by atoms with E-state index in [1.165, 1.54) is 23.3 Å². The van der Waals surface area contributed by atoms with Crippen molar-refractivity contribution in [2.45, 2.75) is 32.4 Å². The Hall–Kier alpha value is -2.20. The molecular formula is C22H25FN2O. The van der Waals surface area contributed by atoms with Gasteiger partial charge in [-0.25, -0.2) is 4.39 Å². The molecule has 1 amide bonds. The van der Waals surface area contributed by atoms with Gasteiger partial charge >= 0.3 is 0 Å². The summed E-state index contributed by atoms with van der Waals surface area (Å²) in [6.45, 7) is 4.15. The molecule has 0 radical (unpaired) electrons. The lowest BCUT2D eigenvalue weighted by Gasteiger charge is -2.36. The lowest BCUT2D eigenvalue weighted by atomic mass is 9.93. The van der Waals surface area contributed by atoms with Crippen molar-refractivity contribution in [2.75, 3.05) is 19.6 Å². The highest BCUT2D eigenvalue weighted by atomic mass is 19.1. The van der Waals surface area contributed by atoms with Crippen molar-refractivity contribution in [3.8, 4) is 0 Å². The van der Waals surface area contributed by atoms with Crippen LogP contribution < -0.4 is 0 Å². The number of likely N-dealkylation sites (tertiary alicyclic amines) is 1. The maximum atomic E-state index is 13.1. The van der Waals surface area contributed by atoms with E-state index < -0.39 is 0 Å². The van der Waals surface area contributed by atoms with E-state index in [1.807, 2.05) is 17.0 Å². The number of benzene rings is 2. The van der Waals surface area contributed by atoms with E-state index in [2.05, 4.69) is 29.2 Å². The first kappa shape index (κ1) is 17.2. The molecule has 136 valence electrons. The second kappa shape index (κ2) is 7.58. The lowest BCUT2D eigenvalue weighted by molar-refractivity contribution is -0.138. The van der Waals surface area contributed by atoms with Crippen LogP contribution in [0.5, 0.6) is 0 Å². The molecule has 0 N–H and O–H groups in total. The van der Waals surface area contributed by atoms with Crippen LogP contribution in [0.4, 0.5) is 4.39 Å². The molecule has 2 aliphatic heterocycles. The second-order valence-corrected chi connectivity index (χ2v) is 7.48. The van der Waals surface area contributed by atoms with Crippen LogP contribution in [-0.2, 0) is 24.3 Å². The predicted octanol–water partition coefficient (Wildman–Crippen LogP) is 3.62. The van der Waals surface area contributed by atoms with Crippen LogP contribution in [0, 0.1) is 11.7 Å². The Morgan fingerprint density at radius 3 is 2.62 bits per heavy atom. The quantitative estimate of drug-likeness (QED) is 0.842. The van der Waals surface area contributed by atoms with Crippen molar-refractivity contribution < 1.29 is 9.18 Å². The number of piperidine rings is 1. The smallest absolute Gasteiger partial charge is 0.227 e. The summed E-state index contributed by atoms with van der Waals surface area (Å²) in [6.07, 6.45) is 2.97. The summed E-state index contributed by atoms with van der Waals surface area (Å²) in [6, 6.07) is 15.1. The standard InChI is InChI=1S/C22H25FN2O/c23-21-9-7-17(8-10-21)14-24-12-3-6-20(15-24)22(26)25-13-11-18-4-1-2-5-19(18)16-25/h1-2,4-5,7-10,20H,3,6,11-16H2/t20-/m1/s1. The average Bonchev–Trinajstić information content (AvgIpc) is 2.69. The van der Waals surface area contributed by atoms with Crippen LogP contribution in [0.3, 0.4) is 0 Å². The van der Waals surface area contributed by atoms with Crippen LogP contribution >= 0.6 is 0 Å². The Bertz CT molecular complexity index is 774. The molecule has 3 nitrogen and oxygen atoms in total. The summed E-state index contributed by atoms with van der Waals surface area (Å²) in [5.74, 6) is 0.170. The second-order valence-electron chi connectivity index (χ2n) is 7.48. The zero-order chi connectivity index (χ0) is 17.9. The average molecular weight is 352 g/mol. The number of nitrogens with zero attached hydrogens (tertiary/aromatic N) is 2. The van der Waals surface area contributed by atoms with Crippen molar-refractivity contribution in [3.63, 3.8) is 0 Å². The molecule has 2 heterocycles. The number of rotatable bonds is 3. The van der Waals surface area contributed by atoms with Gasteiger partial charge in [-0.05, 0) is 54.6 Å². The van der Waals surface area contributed by atoms with Crippen LogP contribution in [0.15, 0.2) is 48.5 Å². The van der Waals surface area contributed by atoms with Gasteiger partial charge in [0.2, 0.25) is 5.91 Å². The minimum absolute atomic E-state index is 0.0782. The summed E-state index contributed by atoms with van der Waals surface area (Å²) in [4.78, 5) is 17.4. The molecule has 0 bridgehead atoms. The Morgan fingerprint density at radius 1 is 1.04 bits per heavy atom. The topological polar surface area (TPSA) is 23.6 Å². The van der Waals surface area contributed by atoms with Crippen molar-refractivity contribution >= 4 is 5.91 Å². The normalized spacial score (nSPS) is 20.7. The van der Waals surface area contributed by atoms with Crippen LogP contribution in [0.25, 0.3) is 0 Å². The monoisotopic (exact) mass is 352 g/mol. The summed E-state index contributed by atoms with van der Waals surface area (Å²) >= 11 is 0. The fourth-order valence-electron chi connectivity index (χ4n) is 4.19. The fourth-order valence-corrected chi connectivity index (χ4v) is 4.19. The van der Waals surface area contributed by atoms with Gasteiger partial charge in [-0.2, -0.15) is 0 Å². The first-order chi connectivity index (χ1) is 12.7. The van der Waals surface area contributed by atoms with Gasteiger partial charge < -0.3 is 4.90 Å². The van der Waals surface area contributed by atoms with Gasteiger partial charge in [0.05, 0.1) is 5.92 Å². The molecule has 2 aromatic carbocycles. The predicted molar refractivity (Wildman–Crippen MR) is 100.0 cm³/mol. The van der Waals surface area contributed by atoms with Crippen molar-refractivity contribution in [1.82, 2.24) is 9.80 Å². The summed E-state index contributed by atoms with van der Waals surface area (Å²) < 4.78 is 13.1. The lowest BCUT2D eigenvalue weighted by Crippen LogP contribution is -2.46. The highest BCUT2D eigenvalue weighted by Crippen LogP contribution is 2.25. The Morgan fingerprint density at radius 2 is 1.81 bits per heavy atom. The van der Waals surface area contributed by atoms with Gasteiger partial charge in [0, 0.05) is 26.2 Å². The van der Waals surface area contributed by atoms with E-state index >= 15 is 0 Å². The number of hydrogen-bond donors (Lipinski definition) is 0. The molecule has 26 heavy (non-hydrogen) atoms. The highest BCUT2D eigenvalue weighted by molar-refractivity contribution is 5.79. The van der Waals surface area contributed by atoms with Crippen molar-refractivity contribution in [1.29, 1.82) is 0 Å². The van der Waals surface area contributed by atoms with Gasteiger partial charge in [-0.15, -0.1) is 0 Å². The number of carbonyl (C=O) groups excluding carboxylic acids is 1. The number of carbonyl (C=O) groups is 1. The number of hydrogen-bond acceptors (Lipinski definition) is 2. The van der Waals surface area contributed by atoms with E-state index in [0.29, 0.717) is 5.91 Å². The third-order valence-electron chi connectivity index (χ3n) is 5.62. The molecule has 0 saturated carbocycles. The van der Waals surface area contributed by atoms with E-state index in [-0.39, 0.29) is 11.7 Å². The van der Waals surface area contributed by atoms with Crippen molar-refractivity contribution in [3.05, 3.63) is 71.0 Å². The van der Waals surface area contributed by atoms with Crippen LogP contribution in [-0.4, -0.2) is 35.3 Å². The third kappa shape index (κ3) is 3.80. The minimum Gasteiger partial charge on any atom is -0.338 e. The molecule has 0 spiro atoms. The molecule has 0 aliphatic carbocycles. The molecule has 4 rings (SSSR count). The zero-order valence-corrected chi connectivity index (χ0v) is 15.0. The molecule has 2 aliphatic rings. The van der Waals surface area contributed by atoms with E-state index in [9.17, 15) is 9.18 Å². The number of fused-ring (bicyclic) bond motifs is 1. The maximum absolute atomic E-state index is 13.1. The molecular weight excluding hydrogens is 327 g/mol. The Kier molecular flexibility index (Phi) is 5.02. The molecule has 1 atom stereocenters. The Balaban J connectivity index is 1.38. The number of halogens is 1. The largest absolute Gasteiger partial charge is 0.338 e. The third-order valence-corrected chi connectivity index (χ3v) is 5.62. The zero-order valence-electron chi connectivity index (χ0n) is 15.0. The first-order valence-corrected chi connectivity index (χ1v) is 9.51. The van der Waals surface area contributed by atoms with E-state index in [1.54, 1.807) is 0 Å². The van der Waals surface area contributed by atoms with Gasteiger partial charge in [0.1, 0.15) is 5.82 Å². The van der Waals surface area contributed by atoms with Crippen LogP contribution in [0.2, 0.25) is 0 Å². The fraction of sp³-hybridized carbons (Fsp3) is 0.409. The van der Waals surface area contributed by atoms with Gasteiger partial charge in [0.25, 0.3) is 0 Å². The van der Waals surface area contributed by atoms with Crippen LogP contribution in [0.1, 0.15) is 29.5 Å². The maximum Gasteiger partial charge on any atom is 0.227 e. The summed E-state index contributed by atoms with van der Waals surface area (Å²) in [7, 11) is 0. The molecule has 1 saturated heterocycles. The molecule has 4 heteroatoms.